The SMILES string of the molecule is CCC.Clc1cccc(-c2cnn3ccc(N4CCCCC4)nc23)c1. The van der Waals surface area contributed by atoms with Crippen molar-refractivity contribution >= 4 is 23.1 Å². The van der Waals surface area contributed by atoms with E-state index in [1.807, 2.05) is 47.2 Å². The normalized spacial score (nSPS) is 14.3. The minimum Gasteiger partial charge on any atom is -0.357 e. The zero-order valence-electron chi connectivity index (χ0n) is 15.0. The van der Waals surface area contributed by atoms with Crippen LogP contribution in [0.5, 0.6) is 0 Å². The summed E-state index contributed by atoms with van der Waals surface area (Å²) in [5.41, 5.74) is 2.94. The van der Waals surface area contributed by atoms with Gasteiger partial charge in [-0.25, -0.2) is 9.50 Å². The van der Waals surface area contributed by atoms with E-state index in [0.29, 0.717) is 0 Å². The van der Waals surface area contributed by atoms with Crippen molar-refractivity contribution in [2.45, 2.75) is 39.5 Å². The molecular formula is C20H25ClN4. The zero-order valence-corrected chi connectivity index (χ0v) is 15.7. The molecule has 0 saturated carbocycles. The summed E-state index contributed by atoms with van der Waals surface area (Å²) in [6.45, 7) is 6.42. The smallest absolute Gasteiger partial charge is 0.165 e. The van der Waals surface area contributed by atoms with Crippen molar-refractivity contribution in [2.24, 2.45) is 0 Å². The van der Waals surface area contributed by atoms with E-state index in [1.54, 1.807) is 0 Å². The van der Waals surface area contributed by atoms with Gasteiger partial charge in [0.1, 0.15) is 5.82 Å². The molecule has 5 heteroatoms. The van der Waals surface area contributed by atoms with Crippen molar-refractivity contribution in [3.05, 3.63) is 47.7 Å². The first-order valence-electron chi connectivity index (χ1n) is 9.08. The molecule has 132 valence electrons. The van der Waals surface area contributed by atoms with Gasteiger partial charge in [0.05, 0.1) is 6.20 Å². The number of benzene rings is 1. The lowest BCUT2D eigenvalue weighted by molar-refractivity contribution is 0.573. The monoisotopic (exact) mass is 356 g/mol. The van der Waals surface area contributed by atoms with Crippen LogP contribution in [0.4, 0.5) is 5.82 Å². The van der Waals surface area contributed by atoms with Crippen molar-refractivity contribution < 1.29 is 0 Å². The van der Waals surface area contributed by atoms with Crippen LogP contribution < -0.4 is 4.90 Å². The maximum atomic E-state index is 6.11. The molecule has 3 heterocycles. The van der Waals surface area contributed by atoms with Crippen LogP contribution in [0.3, 0.4) is 0 Å². The first-order valence-corrected chi connectivity index (χ1v) is 9.46. The number of hydrogen-bond donors (Lipinski definition) is 0. The quantitative estimate of drug-likeness (QED) is 0.611. The molecule has 1 saturated heterocycles. The Morgan fingerprint density at radius 3 is 2.56 bits per heavy atom. The average molecular weight is 357 g/mol. The molecule has 0 unspecified atom stereocenters. The molecule has 0 aliphatic carbocycles. The third-order valence-corrected chi connectivity index (χ3v) is 4.41. The molecule has 1 aliphatic heterocycles. The van der Waals surface area contributed by atoms with Gasteiger partial charge in [0, 0.05) is 29.9 Å². The number of nitrogens with zero attached hydrogens (tertiary/aromatic N) is 4. The molecule has 1 aromatic carbocycles. The maximum Gasteiger partial charge on any atom is 0.165 e. The Kier molecular flexibility index (Phi) is 5.92. The van der Waals surface area contributed by atoms with Crippen LogP contribution in [0.2, 0.25) is 5.02 Å². The van der Waals surface area contributed by atoms with Gasteiger partial charge in [-0.1, -0.05) is 44.0 Å². The van der Waals surface area contributed by atoms with Crippen LogP contribution in [0, 0.1) is 0 Å². The number of anilines is 1. The lowest BCUT2D eigenvalue weighted by Gasteiger charge is -2.27. The summed E-state index contributed by atoms with van der Waals surface area (Å²) in [4.78, 5) is 7.21. The largest absolute Gasteiger partial charge is 0.357 e. The highest BCUT2D eigenvalue weighted by Crippen LogP contribution is 2.27. The second-order valence-electron chi connectivity index (χ2n) is 6.38. The van der Waals surface area contributed by atoms with Gasteiger partial charge in [0.25, 0.3) is 0 Å². The third-order valence-electron chi connectivity index (χ3n) is 4.17. The van der Waals surface area contributed by atoms with Crippen molar-refractivity contribution in [3.63, 3.8) is 0 Å². The Morgan fingerprint density at radius 1 is 1.08 bits per heavy atom. The van der Waals surface area contributed by atoms with Crippen LogP contribution >= 0.6 is 11.6 Å². The third kappa shape index (κ3) is 4.13. The van der Waals surface area contributed by atoms with Crippen LogP contribution in [0.15, 0.2) is 42.7 Å². The topological polar surface area (TPSA) is 33.4 Å². The van der Waals surface area contributed by atoms with Gasteiger partial charge >= 0.3 is 0 Å². The summed E-state index contributed by atoms with van der Waals surface area (Å²) in [7, 11) is 0. The Bertz CT molecular complexity index is 821. The summed E-state index contributed by atoms with van der Waals surface area (Å²) in [5, 5.41) is 5.13. The average Bonchev–Trinajstić information content (AvgIpc) is 3.06. The van der Waals surface area contributed by atoms with Gasteiger partial charge in [0.2, 0.25) is 0 Å². The number of fused-ring (bicyclic) bond motifs is 1. The van der Waals surface area contributed by atoms with Gasteiger partial charge in [-0.3, -0.25) is 0 Å². The fourth-order valence-corrected chi connectivity index (χ4v) is 3.21. The van der Waals surface area contributed by atoms with E-state index in [9.17, 15) is 0 Å². The fraction of sp³-hybridized carbons (Fsp3) is 0.400. The van der Waals surface area contributed by atoms with Gasteiger partial charge < -0.3 is 4.90 Å². The van der Waals surface area contributed by atoms with E-state index in [2.05, 4.69) is 23.8 Å². The van der Waals surface area contributed by atoms with Crippen LogP contribution in [0.25, 0.3) is 16.8 Å². The Labute approximate surface area is 154 Å². The van der Waals surface area contributed by atoms with E-state index in [0.717, 1.165) is 40.7 Å². The molecular weight excluding hydrogens is 332 g/mol. The van der Waals surface area contributed by atoms with Crippen LogP contribution in [-0.4, -0.2) is 27.7 Å². The number of rotatable bonds is 2. The molecule has 0 bridgehead atoms. The number of piperidine rings is 1. The summed E-state index contributed by atoms with van der Waals surface area (Å²) in [5.74, 6) is 1.04. The Hall–Kier alpha value is -2.07. The van der Waals surface area contributed by atoms with Gasteiger partial charge in [-0.2, -0.15) is 5.10 Å². The zero-order chi connectivity index (χ0) is 17.6. The highest BCUT2D eigenvalue weighted by Gasteiger charge is 2.15. The molecule has 0 atom stereocenters. The second kappa shape index (κ2) is 8.34. The molecule has 3 aromatic rings. The lowest BCUT2D eigenvalue weighted by atomic mass is 10.1. The molecule has 0 radical (unpaired) electrons. The Morgan fingerprint density at radius 2 is 1.84 bits per heavy atom. The Balaban J connectivity index is 0.000000569. The molecule has 0 spiro atoms. The number of halogens is 1. The van der Waals surface area contributed by atoms with Crippen molar-refractivity contribution in [1.82, 2.24) is 14.6 Å². The summed E-state index contributed by atoms with van der Waals surface area (Å²) in [6, 6.07) is 9.87. The van der Waals surface area contributed by atoms with E-state index in [1.165, 1.54) is 25.7 Å². The van der Waals surface area contributed by atoms with Crippen LogP contribution in [0.1, 0.15) is 39.5 Å². The number of hydrogen-bond acceptors (Lipinski definition) is 3. The molecule has 1 fully saturated rings. The molecule has 4 nitrogen and oxygen atoms in total. The predicted molar refractivity (Wildman–Crippen MR) is 105 cm³/mol. The van der Waals surface area contributed by atoms with Crippen molar-refractivity contribution in [3.8, 4) is 11.1 Å². The van der Waals surface area contributed by atoms with E-state index in [4.69, 9.17) is 16.6 Å². The van der Waals surface area contributed by atoms with Gasteiger partial charge in [0.15, 0.2) is 5.65 Å². The van der Waals surface area contributed by atoms with E-state index >= 15 is 0 Å². The summed E-state index contributed by atoms with van der Waals surface area (Å²) < 4.78 is 1.82. The molecule has 25 heavy (non-hydrogen) atoms. The van der Waals surface area contributed by atoms with Gasteiger partial charge in [-0.05, 0) is 43.0 Å². The van der Waals surface area contributed by atoms with Crippen LogP contribution in [-0.2, 0) is 0 Å². The first-order chi connectivity index (χ1) is 12.2. The highest BCUT2D eigenvalue weighted by molar-refractivity contribution is 6.30. The predicted octanol–water partition coefficient (Wildman–Crippen LogP) is 5.46. The maximum absolute atomic E-state index is 6.11. The van der Waals surface area contributed by atoms with E-state index < -0.39 is 0 Å². The fourth-order valence-electron chi connectivity index (χ4n) is 3.02. The molecule has 1 aliphatic rings. The molecule has 0 amide bonds. The van der Waals surface area contributed by atoms with Gasteiger partial charge in [-0.15, -0.1) is 0 Å². The highest BCUT2D eigenvalue weighted by atomic mass is 35.5. The minimum atomic E-state index is 0.726. The number of aromatic nitrogens is 3. The summed E-state index contributed by atoms with van der Waals surface area (Å²) in [6.07, 6.45) is 8.90. The van der Waals surface area contributed by atoms with Crippen molar-refractivity contribution in [2.75, 3.05) is 18.0 Å². The summed E-state index contributed by atoms with van der Waals surface area (Å²) >= 11 is 6.11. The molecule has 0 N–H and O–H groups in total. The molecule has 4 rings (SSSR count). The molecule has 2 aromatic heterocycles. The lowest BCUT2D eigenvalue weighted by Crippen LogP contribution is -2.30. The standard InChI is InChI=1S/C17H17ClN4.C3H8/c18-14-6-4-5-13(11-14)15-12-19-22-10-7-16(20-17(15)22)21-8-2-1-3-9-21;1-3-2/h4-7,10-12H,1-3,8-9H2;3H2,1-2H3. The minimum absolute atomic E-state index is 0.726. The second-order valence-corrected chi connectivity index (χ2v) is 6.81. The van der Waals surface area contributed by atoms with Crippen molar-refractivity contribution in [1.29, 1.82) is 0 Å². The first kappa shape index (κ1) is 17.7. The van der Waals surface area contributed by atoms with E-state index in [-0.39, 0.29) is 0 Å².